The summed E-state index contributed by atoms with van der Waals surface area (Å²) in [5, 5.41) is 11.8. The normalized spacial score (nSPS) is 20.2. The van der Waals surface area contributed by atoms with Crippen LogP contribution in [0.25, 0.3) is 0 Å². The molecule has 132 valence electrons. The Morgan fingerprint density at radius 2 is 2.00 bits per heavy atom. The summed E-state index contributed by atoms with van der Waals surface area (Å²) in [5.41, 5.74) is 1.31. The minimum Gasteiger partial charge on any atom is -0.481 e. The van der Waals surface area contributed by atoms with Crippen molar-refractivity contribution >= 4 is 17.6 Å². The van der Waals surface area contributed by atoms with E-state index in [1.807, 2.05) is 0 Å². The lowest BCUT2D eigenvalue weighted by Gasteiger charge is -2.23. The molecular formula is C18H25NO5. The predicted molar refractivity (Wildman–Crippen MR) is 90.1 cm³/mol. The van der Waals surface area contributed by atoms with E-state index in [-0.39, 0.29) is 12.0 Å². The van der Waals surface area contributed by atoms with Gasteiger partial charge in [0.15, 0.2) is 0 Å². The minimum atomic E-state index is -0.876. The maximum Gasteiger partial charge on any atom is 0.310 e. The fraction of sp³-hybridized carbons (Fsp3) is 0.556. The van der Waals surface area contributed by atoms with E-state index in [2.05, 4.69) is 5.32 Å². The van der Waals surface area contributed by atoms with Crippen LogP contribution in [0.5, 0.6) is 0 Å². The van der Waals surface area contributed by atoms with Gasteiger partial charge < -0.3 is 19.9 Å². The first-order valence-corrected chi connectivity index (χ1v) is 8.34. The second-order valence-electron chi connectivity index (χ2n) is 6.14. The average molecular weight is 335 g/mol. The van der Waals surface area contributed by atoms with Crippen molar-refractivity contribution in [3.05, 3.63) is 29.8 Å². The van der Waals surface area contributed by atoms with Crippen molar-refractivity contribution in [3.8, 4) is 0 Å². The molecule has 0 radical (unpaired) electrons. The average Bonchev–Trinajstić information content (AvgIpc) is 2.60. The number of carbonyl (C=O) groups excluding carboxylic acids is 1. The summed E-state index contributed by atoms with van der Waals surface area (Å²) in [5.74, 6) is -1.68. The lowest BCUT2D eigenvalue weighted by Crippen LogP contribution is -2.32. The molecule has 1 amide bonds. The zero-order chi connectivity index (χ0) is 17.5. The van der Waals surface area contributed by atoms with Crippen LogP contribution in [0.2, 0.25) is 0 Å². The van der Waals surface area contributed by atoms with Gasteiger partial charge in [0.2, 0.25) is 0 Å². The van der Waals surface area contributed by atoms with E-state index in [0.29, 0.717) is 17.9 Å². The highest BCUT2D eigenvalue weighted by Crippen LogP contribution is 2.19. The van der Waals surface area contributed by atoms with Gasteiger partial charge in [-0.1, -0.05) is 12.1 Å². The Morgan fingerprint density at radius 3 is 2.58 bits per heavy atom. The van der Waals surface area contributed by atoms with Crippen LogP contribution in [-0.4, -0.2) is 42.4 Å². The molecule has 1 aromatic rings. The van der Waals surface area contributed by atoms with Crippen LogP contribution in [-0.2, 0) is 19.1 Å². The zero-order valence-corrected chi connectivity index (χ0v) is 14.2. The SMILES string of the molecule is CC(OCC1CCCCO1)C(=O)Nc1ccc(C(C)C(=O)O)cc1. The van der Waals surface area contributed by atoms with Crippen LogP contribution in [0.1, 0.15) is 44.6 Å². The molecule has 2 N–H and O–H groups in total. The Morgan fingerprint density at radius 1 is 1.29 bits per heavy atom. The highest BCUT2D eigenvalue weighted by atomic mass is 16.5. The van der Waals surface area contributed by atoms with E-state index in [0.717, 1.165) is 25.9 Å². The summed E-state index contributed by atoms with van der Waals surface area (Å²) >= 11 is 0. The number of carboxylic acids is 1. The van der Waals surface area contributed by atoms with Gasteiger partial charge in [-0.25, -0.2) is 0 Å². The number of benzene rings is 1. The molecular weight excluding hydrogens is 310 g/mol. The maximum absolute atomic E-state index is 12.1. The highest BCUT2D eigenvalue weighted by Gasteiger charge is 2.19. The summed E-state index contributed by atoms with van der Waals surface area (Å²) < 4.78 is 11.2. The lowest BCUT2D eigenvalue weighted by atomic mass is 10.0. The van der Waals surface area contributed by atoms with Gasteiger partial charge in [0, 0.05) is 12.3 Å². The Balaban J connectivity index is 1.81. The Bertz CT molecular complexity index is 551. The number of amides is 1. The quantitative estimate of drug-likeness (QED) is 0.800. The van der Waals surface area contributed by atoms with Crippen molar-refractivity contribution < 1.29 is 24.2 Å². The minimum absolute atomic E-state index is 0.0748. The molecule has 6 heteroatoms. The highest BCUT2D eigenvalue weighted by molar-refractivity contribution is 5.93. The topological polar surface area (TPSA) is 84.9 Å². The van der Waals surface area contributed by atoms with Gasteiger partial charge in [0.1, 0.15) is 6.10 Å². The van der Waals surface area contributed by atoms with Gasteiger partial charge in [0.05, 0.1) is 18.6 Å². The van der Waals surface area contributed by atoms with Crippen LogP contribution < -0.4 is 5.32 Å². The third-order valence-electron chi connectivity index (χ3n) is 4.22. The molecule has 0 bridgehead atoms. The first-order chi connectivity index (χ1) is 11.5. The monoisotopic (exact) mass is 335 g/mol. The van der Waals surface area contributed by atoms with Crippen molar-refractivity contribution in [1.29, 1.82) is 0 Å². The molecule has 1 aromatic carbocycles. The van der Waals surface area contributed by atoms with Crippen LogP contribution in [0, 0.1) is 0 Å². The van der Waals surface area contributed by atoms with Crippen LogP contribution in [0.15, 0.2) is 24.3 Å². The molecule has 3 unspecified atom stereocenters. The smallest absolute Gasteiger partial charge is 0.310 e. The fourth-order valence-electron chi connectivity index (χ4n) is 2.51. The number of carboxylic acid groups (broad SMARTS) is 1. The largest absolute Gasteiger partial charge is 0.481 e. The summed E-state index contributed by atoms with van der Waals surface area (Å²) in [4.78, 5) is 23.1. The summed E-state index contributed by atoms with van der Waals surface area (Å²) in [6, 6.07) is 6.80. The summed E-state index contributed by atoms with van der Waals surface area (Å²) in [6.07, 6.45) is 2.69. The molecule has 1 saturated heterocycles. The van der Waals surface area contributed by atoms with Gasteiger partial charge in [-0.3, -0.25) is 9.59 Å². The van der Waals surface area contributed by atoms with E-state index in [4.69, 9.17) is 14.6 Å². The van der Waals surface area contributed by atoms with Crippen LogP contribution in [0.3, 0.4) is 0 Å². The van der Waals surface area contributed by atoms with Gasteiger partial charge in [-0.2, -0.15) is 0 Å². The Kier molecular flexibility index (Phi) is 6.75. The molecule has 1 fully saturated rings. The van der Waals surface area contributed by atoms with Crippen molar-refractivity contribution in [1.82, 2.24) is 0 Å². The predicted octanol–water partition coefficient (Wildman–Crippen LogP) is 2.79. The van der Waals surface area contributed by atoms with Gasteiger partial charge >= 0.3 is 5.97 Å². The number of aliphatic carboxylic acids is 1. The number of nitrogens with one attached hydrogen (secondary N) is 1. The van der Waals surface area contributed by atoms with E-state index < -0.39 is 18.0 Å². The fourth-order valence-corrected chi connectivity index (χ4v) is 2.51. The standard InChI is InChI=1S/C18H25NO5/c1-12(18(21)22)14-6-8-15(9-7-14)19-17(20)13(2)24-11-16-5-3-4-10-23-16/h6-9,12-13,16H,3-5,10-11H2,1-2H3,(H,19,20)(H,21,22). The molecule has 24 heavy (non-hydrogen) atoms. The second-order valence-corrected chi connectivity index (χ2v) is 6.14. The van der Waals surface area contributed by atoms with Crippen LogP contribution in [0.4, 0.5) is 5.69 Å². The second kappa shape index (κ2) is 8.80. The maximum atomic E-state index is 12.1. The molecule has 1 heterocycles. The summed E-state index contributed by atoms with van der Waals surface area (Å²) in [6.45, 7) is 4.51. The first kappa shape index (κ1) is 18.4. The number of hydrogen-bond acceptors (Lipinski definition) is 4. The van der Waals surface area contributed by atoms with Crippen molar-refractivity contribution in [2.45, 2.75) is 51.2 Å². The van der Waals surface area contributed by atoms with Gasteiger partial charge in [0.25, 0.3) is 5.91 Å². The Labute approximate surface area is 142 Å². The molecule has 0 saturated carbocycles. The van der Waals surface area contributed by atoms with E-state index in [1.165, 1.54) is 0 Å². The lowest BCUT2D eigenvalue weighted by molar-refractivity contribution is -0.138. The van der Waals surface area contributed by atoms with Crippen molar-refractivity contribution in [3.63, 3.8) is 0 Å². The van der Waals surface area contributed by atoms with Crippen molar-refractivity contribution in [2.24, 2.45) is 0 Å². The summed E-state index contributed by atoms with van der Waals surface area (Å²) in [7, 11) is 0. The van der Waals surface area contributed by atoms with Crippen LogP contribution >= 0.6 is 0 Å². The van der Waals surface area contributed by atoms with Crippen molar-refractivity contribution in [2.75, 3.05) is 18.5 Å². The molecule has 0 spiro atoms. The van der Waals surface area contributed by atoms with Gasteiger partial charge in [-0.05, 0) is 50.8 Å². The number of hydrogen-bond donors (Lipinski definition) is 2. The first-order valence-electron chi connectivity index (χ1n) is 8.34. The molecule has 1 aliphatic heterocycles. The molecule has 3 atom stereocenters. The zero-order valence-electron chi connectivity index (χ0n) is 14.2. The number of carbonyl (C=O) groups is 2. The molecule has 2 rings (SSSR count). The molecule has 0 aromatic heterocycles. The third-order valence-corrected chi connectivity index (χ3v) is 4.22. The third kappa shape index (κ3) is 5.32. The number of ether oxygens (including phenoxy) is 2. The Hall–Kier alpha value is -1.92. The molecule has 1 aliphatic rings. The van der Waals surface area contributed by atoms with E-state index in [1.54, 1.807) is 38.1 Å². The molecule has 6 nitrogen and oxygen atoms in total. The molecule has 0 aliphatic carbocycles. The number of anilines is 1. The number of rotatable bonds is 7. The van der Waals surface area contributed by atoms with Gasteiger partial charge in [-0.15, -0.1) is 0 Å². The van der Waals surface area contributed by atoms with E-state index in [9.17, 15) is 9.59 Å². The van der Waals surface area contributed by atoms with E-state index >= 15 is 0 Å².